The fraction of sp³-hybridized carbons (Fsp3) is 0.636. The van der Waals surface area contributed by atoms with Crippen LogP contribution in [-0.4, -0.2) is 81.2 Å². The van der Waals surface area contributed by atoms with E-state index in [2.05, 4.69) is 9.80 Å². The van der Waals surface area contributed by atoms with Crippen LogP contribution in [0, 0.1) is 16.7 Å². The molecule has 0 N–H and O–H groups in total. The Bertz CT molecular complexity index is 886. The normalized spacial score (nSPS) is 23.1. The number of ketones is 1. The summed E-state index contributed by atoms with van der Waals surface area (Å²) >= 11 is 0. The molecule has 2 aliphatic heterocycles. The van der Waals surface area contributed by atoms with Crippen LogP contribution in [0.3, 0.4) is 0 Å². The second-order valence-electron chi connectivity index (χ2n) is 9.32. The lowest BCUT2D eigenvalue weighted by Crippen LogP contribution is -2.60. The highest BCUT2D eigenvalue weighted by Crippen LogP contribution is 2.22. The van der Waals surface area contributed by atoms with Crippen LogP contribution < -0.4 is 0 Å². The van der Waals surface area contributed by atoms with E-state index < -0.39 is 9.84 Å². The number of hydrogen-bond donors (Lipinski definition) is 0. The fourth-order valence-electron chi connectivity index (χ4n) is 3.95. The summed E-state index contributed by atoms with van der Waals surface area (Å²) < 4.78 is 31.1. The predicted octanol–water partition coefficient (Wildman–Crippen LogP) is 1.72. The van der Waals surface area contributed by atoms with Gasteiger partial charge in [0.15, 0.2) is 15.6 Å². The standard InChI is InChI=1S/C22H31N3O4S/c1-22(2,3)21(26)16-25-14-18-12-24(13-19(15-25)29-18)9-4-10-30(27,28)20-7-5-17(11-23)6-8-20/h5-8,18-19H,4,9-10,12-16H2,1-3H3. The number of nitrogens with zero attached hydrogens (tertiary/aromatic N) is 3. The third-order valence-corrected chi connectivity index (χ3v) is 7.48. The molecule has 0 aromatic heterocycles. The van der Waals surface area contributed by atoms with Crippen LogP contribution in [0.2, 0.25) is 0 Å². The third-order valence-electron chi connectivity index (χ3n) is 5.67. The summed E-state index contributed by atoms with van der Waals surface area (Å²) in [7, 11) is -3.35. The number of hydrogen-bond acceptors (Lipinski definition) is 7. The van der Waals surface area contributed by atoms with Gasteiger partial charge in [-0.15, -0.1) is 0 Å². The third kappa shape index (κ3) is 5.88. The molecule has 0 aliphatic carbocycles. The van der Waals surface area contributed by atoms with Crippen molar-refractivity contribution in [2.75, 3.05) is 45.0 Å². The molecule has 3 rings (SSSR count). The Morgan fingerprint density at radius 1 is 1.10 bits per heavy atom. The molecule has 0 amide bonds. The summed E-state index contributed by atoms with van der Waals surface area (Å²) in [5, 5.41) is 8.84. The molecule has 1 aromatic rings. The second kappa shape index (κ2) is 9.15. The number of ether oxygens (including phenoxy) is 1. The van der Waals surface area contributed by atoms with Gasteiger partial charge in [0.05, 0.1) is 41.0 Å². The van der Waals surface area contributed by atoms with E-state index in [0.29, 0.717) is 25.1 Å². The molecule has 2 aliphatic rings. The van der Waals surface area contributed by atoms with E-state index in [1.165, 1.54) is 24.3 Å². The van der Waals surface area contributed by atoms with E-state index >= 15 is 0 Å². The van der Waals surface area contributed by atoms with Gasteiger partial charge in [-0.25, -0.2) is 8.42 Å². The van der Waals surface area contributed by atoms with Crippen LogP contribution in [0.4, 0.5) is 0 Å². The maximum absolute atomic E-state index is 12.5. The molecule has 2 unspecified atom stereocenters. The zero-order valence-electron chi connectivity index (χ0n) is 18.0. The molecule has 2 bridgehead atoms. The Balaban J connectivity index is 1.47. The van der Waals surface area contributed by atoms with Crippen molar-refractivity contribution < 1.29 is 17.9 Å². The van der Waals surface area contributed by atoms with Crippen LogP contribution in [0.15, 0.2) is 29.2 Å². The Hall–Kier alpha value is -1.79. The maximum atomic E-state index is 12.5. The summed E-state index contributed by atoms with van der Waals surface area (Å²) in [6, 6.07) is 8.07. The number of nitriles is 1. The monoisotopic (exact) mass is 433 g/mol. The van der Waals surface area contributed by atoms with Gasteiger partial charge in [-0.3, -0.25) is 14.6 Å². The molecule has 2 atom stereocenters. The number of rotatable bonds is 7. The zero-order valence-corrected chi connectivity index (χ0v) is 18.8. The van der Waals surface area contributed by atoms with Gasteiger partial charge in [-0.05, 0) is 37.2 Å². The van der Waals surface area contributed by atoms with Crippen molar-refractivity contribution in [3.05, 3.63) is 29.8 Å². The van der Waals surface area contributed by atoms with Crippen LogP contribution in [0.5, 0.6) is 0 Å². The molecule has 7 nitrogen and oxygen atoms in total. The number of fused-ring (bicyclic) bond motifs is 2. The van der Waals surface area contributed by atoms with Gasteiger partial charge in [0.1, 0.15) is 0 Å². The summed E-state index contributed by atoms with van der Waals surface area (Å²) in [6.07, 6.45) is 0.661. The van der Waals surface area contributed by atoms with Gasteiger partial charge in [-0.2, -0.15) is 5.26 Å². The number of morpholine rings is 2. The first-order chi connectivity index (χ1) is 14.1. The van der Waals surface area contributed by atoms with Gasteiger partial charge in [-0.1, -0.05) is 20.8 Å². The highest BCUT2D eigenvalue weighted by Gasteiger charge is 2.36. The minimum absolute atomic E-state index is 0.0559. The largest absolute Gasteiger partial charge is 0.370 e. The van der Waals surface area contributed by atoms with Crippen molar-refractivity contribution in [1.29, 1.82) is 5.26 Å². The highest BCUT2D eigenvalue weighted by atomic mass is 32.2. The van der Waals surface area contributed by atoms with Crippen LogP contribution in [0.25, 0.3) is 0 Å². The Morgan fingerprint density at radius 3 is 2.20 bits per heavy atom. The highest BCUT2D eigenvalue weighted by molar-refractivity contribution is 7.91. The molecular formula is C22H31N3O4S. The zero-order chi connectivity index (χ0) is 21.9. The average Bonchev–Trinajstić information content (AvgIpc) is 2.66. The number of carbonyl (C=O) groups excluding carboxylic acids is 1. The molecule has 0 saturated carbocycles. The van der Waals surface area contributed by atoms with Gasteiger partial charge >= 0.3 is 0 Å². The second-order valence-corrected chi connectivity index (χ2v) is 11.4. The molecule has 164 valence electrons. The van der Waals surface area contributed by atoms with Crippen molar-refractivity contribution in [3.8, 4) is 6.07 Å². The van der Waals surface area contributed by atoms with Gasteiger partial charge in [0.25, 0.3) is 0 Å². The minimum Gasteiger partial charge on any atom is -0.370 e. The molecular weight excluding hydrogens is 402 g/mol. The average molecular weight is 434 g/mol. The number of carbonyl (C=O) groups is 1. The molecule has 2 heterocycles. The minimum atomic E-state index is -3.35. The van der Waals surface area contributed by atoms with E-state index in [-0.39, 0.29) is 34.1 Å². The number of sulfone groups is 1. The summed E-state index contributed by atoms with van der Waals surface area (Å²) in [5.74, 6) is 0.324. The molecule has 2 fully saturated rings. The molecule has 2 saturated heterocycles. The predicted molar refractivity (Wildman–Crippen MR) is 114 cm³/mol. The molecule has 30 heavy (non-hydrogen) atoms. The number of Topliss-reactive ketones (excluding diaryl/α,β-unsaturated/α-hetero) is 1. The van der Waals surface area contributed by atoms with E-state index in [4.69, 9.17) is 10.00 Å². The fourth-order valence-corrected chi connectivity index (χ4v) is 5.24. The smallest absolute Gasteiger partial charge is 0.178 e. The lowest BCUT2D eigenvalue weighted by molar-refractivity contribution is -0.147. The van der Waals surface area contributed by atoms with Crippen LogP contribution >= 0.6 is 0 Å². The lowest BCUT2D eigenvalue weighted by atomic mass is 9.90. The van der Waals surface area contributed by atoms with Crippen molar-refractivity contribution in [2.24, 2.45) is 5.41 Å². The Labute approximate surface area is 179 Å². The van der Waals surface area contributed by atoms with Crippen molar-refractivity contribution in [3.63, 3.8) is 0 Å². The van der Waals surface area contributed by atoms with E-state index in [1.54, 1.807) is 0 Å². The van der Waals surface area contributed by atoms with Crippen LogP contribution in [-0.2, 0) is 19.4 Å². The van der Waals surface area contributed by atoms with Crippen molar-refractivity contribution in [2.45, 2.75) is 44.3 Å². The van der Waals surface area contributed by atoms with E-state index in [1.807, 2.05) is 26.8 Å². The molecule has 0 radical (unpaired) electrons. The molecule has 0 spiro atoms. The van der Waals surface area contributed by atoms with E-state index in [0.717, 1.165) is 26.2 Å². The lowest BCUT2D eigenvalue weighted by Gasteiger charge is -2.46. The SMILES string of the molecule is CC(C)(C)C(=O)CN1CC2CN(CCCS(=O)(=O)c3ccc(C#N)cc3)CC(C1)O2. The summed E-state index contributed by atoms with van der Waals surface area (Å²) in [6.45, 7) is 9.99. The van der Waals surface area contributed by atoms with Gasteiger partial charge < -0.3 is 4.74 Å². The van der Waals surface area contributed by atoms with Gasteiger partial charge in [0.2, 0.25) is 0 Å². The first-order valence-electron chi connectivity index (χ1n) is 10.4. The van der Waals surface area contributed by atoms with Crippen molar-refractivity contribution >= 4 is 15.6 Å². The molecule has 1 aromatic carbocycles. The van der Waals surface area contributed by atoms with E-state index in [9.17, 15) is 13.2 Å². The Morgan fingerprint density at radius 2 is 1.67 bits per heavy atom. The van der Waals surface area contributed by atoms with Crippen molar-refractivity contribution in [1.82, 2.24) is 9.80 Å². The first kappa shape index (κ1) is 22.9. The Kier molecular flexibility index (Phi) is 6.98. The first-order valence-corrected chi connectivity index (χ1v) is 12.1. The maximum Gasteiger partial charge on any atom is 0.178 e. The van der Waals surface area contributed by atoms with Gasteiger partial charge in [0, 0.05) is 31.6 Å². The summed E-state index contributed by atoms with van der Waals surface area (Å²) in [5.41, 5.74) is 0.118. The quantitative estimate of drug-likeness (QED) is 0.647. The van der Waals surface area contributed by atoms with Crippen LogP contribution in [0.1, 0.15) is 32.8 Å². The molecule has 8 heteroatoms. The summed E-state index contributed by atoms with van der Waals surface area (Å²) in [4.78, 5) is 17.1. The number of benzene rings is 1. The topological polar surface area (TPSA) is 90.7 Å².